The molecule has 94 valence electrons. The van der Waals surface area contributed by atoms with Crippen molar-refractivity contribution in [1.29, 1.82) is 0 Å². The van der Waals surface area contributed by atoms with Crippen molar-refractivity contribution in [2.24, 2.45) is 0 Å². The molecular weight excluding hydrogens is 235 g/mol. The van der Waals surface area contributed by atoms with Gasteiger partial charge in [0.1, 0.15) is 5.67 Å². The van der Waals surface area contributed by atoms with Crippen LogP contribution in [0.3, 0.4) is 0 Å². The minimum atomic E-state index is -1.53. The van der Waals surface area contributed by atoms with E-state index in [1.807, 2.05) is 6.07 Å². The predicted molar refractivity (Wildman–Crippen MR) is 65.2 cm³/mol. The number of fused-ring (bicyclic) bond motifs is 1. The topological polar surface area (TPSA) is 55.1 Å². The van der Waals surface area contributed by atoms with Crippen LogP contribution in [0.2, 0.25) is 0 Å². The maximum Gasteiger partial charge on any atom is 0.261 e. The number of benzene rings is 1. The smallest absolute Gasteiger partial charge is 0.261 e. The van der Waals surface area contributed by atoms with E-state index in [0.29, 0.717) is 10.9 Å². The van der Waals surface area contributed by atoms with Gasteiger partial charge < -0.3 is 5.11 Å². The number of nitrogens with zero attached hydrogens (tertiary/aromatic N) is 2. The van der Waals surface area contributed by atoms with Crippen LogP contribution in [0, 0.1) is 0 Å². The van der Waals surface area contributed by atoms with E-state index >= 15 is 0 Å². The van der Waals surface area contributed by atoms with Crippen LogP contribution in [0.25, 0.3) is 10.9 Å². The lowest BCUT2D eigenvalue weighted by Gasteiger charge is -2.40. The Balaban J connectivity index is 2.00. The Morgan fingerprint density at radius 3 is 2.89 bits per heavy atom. The van der Waals surface area contributed by atoms with E-state index in [9.17, 15) is 9.18 Å². The molecule has 1 aromatic heterocycles. The van der Waals surface area contributed by atoms with Crippen LogP contribution in [0.1, 0.15) is 18.9 Å². The highest BCUT2D eigenvalue weighted by molar-refractivity contribution is 5.76. The molecule has 0 aliphatic heterocycles. The zero-order valence-electron chi connectivity index (χ0n) is 9.71. The molecule has 0 atom stereocenters. The maximum absolute atomic E-state index is 13.6. The van der Waals surface area contributed by atoms with E-state index < -0.39 is 12.3 Å². The van der Waals surface area contributed by atoms with Gasteiger partial charge in [0.2, 0.25) is 0 Å². The second-order valence-electron chi connectivity index (χ2n) is 4.85. The molecule has 0 saturated heterocycles. The number of alkyl halides is 1. The monoisotopic (exact) mass is 248 g/mol. The number of aliphatic hydroxyl groups is 1. The zero-order valence-corrected chi connectivity index (χ0v) is 9.71. The van der Waals surface area contributed by atoms with Gasteiger partial charge in [0.05, 0.1) is 23.8 Å². The molecule has 1 saturated carbocycles. The lowest BCUT2D eigenvalue weighted by atomic mass is 9.77. The van der Waals surface area contributed by atoms with Gasteiger partial charge in [0.25, 0.3) is 5.56 Å². The lowest BCUT2D eigenvalue weighted by molar-refractivity contribution is -0.0344. The molecule has 1 heterocycles. The summed E-state index contributed by atoms with van der Waals surface area (Å²) < 4.78 is 15.1. The van der Waals surface area contributed by atoms with Crippen molar-refractivity contribution in [2.45, 2.75) is 24.6 Å². The molecule has 1 N–H and O–H groups in total. The van der Waals surface area contributed by atoms with Crippen molar-refractivity contribution in [2.75, 3.05) is 6.61 Å². The SMILES string of the molecule is O=c1c2ccccc2ncn1C1CC(F)(CO)C1. The van der Waals surface area contributed by atoms with E-state index in [1.54, 1.807) is 18.2 Å². The largest absolute Gasteiger partial charge is 0.393 e. The lowest BCUT2D eigenvalue weighted by Crippen LogP contribution is -2.46. The fourth-order valence-electron chi connectivity index (χ4n) is 2.45. The normalized spacial score (nSPS) is 27.1. The summed E-state index contributed by atoms with van der Waals surface area (Å²) in [5, 5.41) is 9.42. The van der Waals surface area contributed by atoms with Crippen LogP contribution in [-0.2, 0) is 0 Å². The van der Waals surface area contributed by atoms with E-state index in [4.69, 9.17) is 5.11 Å². The average Bonchev–Trinajstić information content (AvgIpc) is 2.36. The van der Waals surface area contributed by atoms with Gasteiger partial charge in [0.15, 0.2) is 0 Å². The summed E-state index contributed by atoms with van der Waals surface area (Å²) in [6.07, 6.45) is 1.80. The number of halogens is 1. The molecule has 4 nitrogen and oxygen atoms in total. The Hall–Kier alpha value is -1.75. The highest BCUT2D eigenvalue weighted by Gasteiger charge is 2.45. The summed E-state index contributed by atoms with van der Waals surface area (Å²) in [5.41, 5.74) is -1.03. The van der Waals surface area contributed by atoms with Crippen LogP contribution in [0.4, 0.5) is 4.39 Å². The van der Waals surface area contributed by atoms with Gasteiger partial charge in [-0.05, 0) is 12.1 Å². The molecule has 5 heteroatoms. The molecule has 3 rings (SSSR count). The minimum absolute atomic E-state index is 0.148. The standard InChI is InChI=1S/C13H13FN2O2/c14-13(7-17)5-9(6-13)16-8-15-11-4-2-1-3-10(11)12(16)18/h1-4,8-9,17H,5-7H2. The van der Waals surface area contributed by atoms with Crippen LogP contribution in [-0.4, -0.2) is 26.9 Å². The van der Waals surface area contributed by atoms with Crippen molar-refractivity contribution in [3.05, 3.63) is 40.9 Å². The van der Waals surface area contributed by atoms with Gasteiger partial charge in [-0.3, -0.25) is 9.36 Å². The molecule has 2 aromatic rings. The Morgan fingerprint density at radius 1 is 1.44 bits per heavy atom. The summed E-state index contributed by atoms with van der Waals surface area (Å²) >= 11 is 0. The van der Waals surface area contributed by atoms with Crippen LogP contribution in [0.5, 0.6) is 0 Å². The van der Waals surface area contributed by atoms with Gasteiger partial charge in [-0.1, -0.05) is 12.1 Å². The summed E-state index contributed by atoms with van der Waals surface area (Å²) in [6, 6.07) is 6.89. The highest BCUT2D eigenvalue weighted by Crippen LogP contribution is 2.43. The third-order valence-corrected chi connectivity index (χ3v) is 3.57. The number of para-hydroxylation sites is 1. The number of rotatable bonds is 2. The van der Waals surface area contributed by atoms with Gasteiger partial charge in [0, 0.05) is 18.9 Å². The van der Waals surface area contributed by atoms with Crippen LogP contribution < -0.4 is 5.56 Å². The van der Waals surface area contributed by atoms with Crippen molar-refractivity contribution in [3.63, 3.8) is 0 Å². The van der Waals surface area contributed by atoms with Crippen molar-refractivity contribution < 1.29 is 9.50 Å². The molecule has 1 aliphatic rings. The Labute approximate surface area is 103 Å². The first-order chi connectivity index (χ1) is 8.63. The second kappa shape index (κ2) is 3.88. The molecule has 0 unspecified atom stereocenters. The molecule has 0 spiro atoms. The first kappa shape index (κ1) is 11.3. The maximum atomic E-state index is 13.6. The van der Waals surface area contributed by atoms with E-state index in [2.05, 4.69) is 4.98 Å². The number of hydrogen-bond donors (Lipinski definition) is 1. The molecule has 0 bridgehead atoms. The Bertz CT molecular complexity index is 647. The van der Waals surface area contributed by atoms with Gasteiger partial charge in [-0.2, -0.15) is 0 Å². The molecule has 0 radical (unpaired) electrons. The van der Waals surface area contributed by atoms with E-state index in [0.717, 1.165) is 0 Å². The van der Waals surface area contributed by atoms with E-state index in [-0.39, 0.29) is 24.4 Å². The highest BCUT2D eigenvalue weighted by atomic mass is 19.1. The summed E-state index contributed by atoms with van der Waals surface area (Å²) in [4.78, 5) is 16.4. The minimum Gasteiger partial charge on any atom is -0.393 e. The van der Waals surface area contributed by atoms with Crippen molar-refractivity contribution in [3.8, 4) is 0 Å². The molecule has 18 heavy (non-hydrogen) atoms. The van der Waals surface area contributed by atoms with Crippen molar-refractivity contribution in [1.82, 2.24) is 9.55 Å². The molecule has 1 aliphatic carbocycles. The quantitative estimate of drug-likeness (QED) is 0.874. The van der Waals surface area contributed by atoms with Gasteiger partial charge in [-0.25, -0.2) is 9.37 Å². The second-order valence-corrected chi connectivity index (χ2v) is 4.85. The molecular formula is C13H13FN2O2. The first-order valence-electron chi connectivity index (χ1n) is 5.89. The summed E-state index contributed by atoms with van der Waals surface area (Å²) in [6.45, 7) is -0.487. The summed E-state index contributed by atoms with van der Waals surface area (Å²) in [7, 11) is 0. The number of aliphatic hydroxyl groups excluding tert-OH is 1. The molecule has 1 fully saturated rings. The van der Waals surface area contributed by atoms with Crippen molar-refractivity contribution >= 4 is 10.9 Å². The van der Waals surface area contributed by atoms with Gasteiger partial charge >= 0.3 is 0 Å². The van der Waals surface area contributed by atoms with Crippen LogP contribution in [0.15, 0.2) is 35.4 Å². The zero-order chi connectivity index (χ0) is 12.8. The third kappa shape index (κ3) is 1.62. The van der Waals surface area contributed by atoms with E-state index in [1.165, 1.54) is 10.9 Å². The Kier molecular flexibility index (Phi) is 2.45. The fraction of sp³-hybridized carbons (Fsp3) is 0.385. The summed E-state index contributed by atoms with van der Waals surface area (Å²) in [5.74, 6) is 0. The number of aromatic nitrogens is 2. The first-order valence-corrected chi connectivity index (χ1v) is 5.89. The molecule has 0 amide bonds. The number of hydrogen-bond acceptors (Lipinski definition) is 3. The Morgan fingerprint density at radius 2 is 2.17 bits per heavy atom. The third-order valence-electron chi connectivity index (χ3n) is 3.57. The predicted octanol–water partition coefficient (Wildman–Crippen LogP) is 1.43. The van der Waals surface area contributed by atoms with Gasteiger partial charge in [-0.15, -0.1) is 0 Å². The van der Waals surface area contributed by atoms with Crippen LogP contribution >= 0.6 is 0 Å². The fourth-order valence-corrected chi connectivity index (χ4v) is 2.45. The molecule has 1 aromatic carbocycles. The average molecular weight is 248 g/mol.